The molecule has 0 aromatic heterocycles. The van der Waals surface area contributed by atoms with Crippen molar-refractivity contribution in [2.24, 2.45) is 0 Å². The Morgan fingerprint density at radius 3 is 2.39 bits per heavy atom. The molecule has 0 amide bonds. The van der Waals surface area contributed by atoms with E-state index in [4.69, 9.17) is 4.74 Å². The minimum Gasteiger partial charge on any atom is -0.507 e. The first kappa shape index (κ1) is 14.2. The van der Waals surface area contributed by atoms with Crippen molar-refractivity contribution in [1.82, 2.24) is 0 Å². The van der Waals surface area contributed by atoms with Crippen LogP contribution >= 0.6 is 0 Å². The molecular weight excluding hydrogens is 232 g/mol. The lowest BCUT2D eigenvalue weighted by Crippen LogP contribution is -2.25. The third-order valence-electron chi connectivity index (χ3n) is 2.18. The van der Waals surface area contributed by atoms with Gasteiger partial charge < -0.3 is 9.84 Å². The summed E-state index contributed by atoms with van der Waals surface area (Å²) in [5, 5.41) is 9.63. The number of aromatic hydroxyl groups is 1. The summed E-state index contributed by atoms with van der Waals surface area (Å²) in [6.07, 6.45) is -0.367. The molecule has 0 saturated carbocycles. The number of aryl methyl sites for hydroxylation is 1. The fourth-order valence-electron chi connectivity index (χ4n) is 1.48. The second-order valence-corrected chi connectivity index (χ2v) is 5.21. The Bertz CT molecular complexity index is 469. The maximum atomic E-state index is 11.8. The molecule has 0 atom stereocenters. The van der Waals surface area contributed by atoms with Crippen LogP contribution in [0.25, 0.3) is 0 Å². The van der Waals surface area contributed by atoms with Gasteiger partial charge in [-0.15, -0.1) is 0 Å². The first-order valence-electron chi connectivity index (χ1n) is 5.74. The molecule has 1 rings (SSSR count). The first-order chi connectivity index (χ1) is 8.19. The number of ether oxygens (including phenoxy) is 1. The number of carbonyl (C=O) groups excluding carboxylic acids is 2. The number of hydrogen-bond acceptors (Lipinski definition) is 4. The second-order valence-electron chi connectivity index (χ2n) is 5.21. The third kappa shape index (κ3) is 4.20. The van der Waals surface area contributed by atoms with Crippen molar-refractivity contribution >= 4 is 11.8 Å². The van der Waals surface area contributed by atoms with Gasteiger partial charge in [0.2, 0.25) is 0 Å². The van der Waals surface area contributed by atoms with Gasteiger partial charge in [-0.1, -0.05) is 6.07 Å². The van der Waals surface area contributed by atoms with Crippen molar-refractivity contribution < 1.29 is 19.4 Å². The van der Waals surface area contributed by atoms with E-state index >= 15 is 0 Å². The van der Waals surface area contributed by atoms with Crippen LogP contribution in [-0.4, -0.2) is 22.5 Å². The monoisotopic (exact) mass is 250 g/mol. The van der Waals surface area contributed by atoms with E-state index in [1.165, 1.54) is 12.1 Å². The Hall–Kier alpha value is -1.84. The molecule has 1 aromatic carbocycles. The Kier molecular flexibility index (Phi) is 4.11. The topological polar surface area (TPSA) is 63.6 Å². The third-order valence-corrected chi connectivity index (χ3v) is 2.18. The Morgan fingerprint density at radius 2 is 1.89 bits per heavy atom. The first-order valence-corrected chi connectivity index (χ1v) is 5.74. The smallest absolute Gasteiger partial charge is 0.314 e. The quantitative estimate of drug-likeness (QED) is 0.509. The molecule has 0 aliphatic rings. The maximum absolute atomic E-state index is 11.8. The van der Waals surface area contributed by atoms with Gasteiger partial charge in [0.25, 0.3) is 0 Å². The van der Waals surface area contributed by atoms with Crippen LogP contribution in [0, 0.1) is 6.92 Å². The van der Waals surface area contributed by atoms with Gasteiger partial charge in [0.1, 0.15) is 17.8 Å². The highest BCUT2D eigenvalue weighted by molar-refractivity contribution is 6.07. The van der Waals surface area contributed by atoms with Crippen LogP contribution in [0.4, 0.5) is 0 Å². The zero-order valence-electron chi connectivity index (χ0n) is 11.1. The predicted molar refractivity (Wildman–Crippen MR) is 67.6 cm³/mol. The lowest BCUT2D eigenvalue weighted by atomic mass is 10.0. The predicted octanol–water partition coefficient (Wildman–Crippen LogP) is 2.62. The summed E-state index contributed by atoms with van der Waals surface area (Å²) in [5.41, 5.74) is 0.375. The lowest BCUT2D eigenvalue weighted by Gasteiger charge is -2.19. The molecule has 0 bridgehead atoms. The van der Waals surface area contributed by atoms with Crippen molar-refractivity contribution in [3.8, 4) is 5.75 Å². The van der Waals surface area contributed by atoms with E-state index in [0.717, 1.165) is 5.56 Å². The average Bonchev–Trinajstić information content (AvgIpc) is 2.13. The molecule has 18 heavy (non-hydrogen) atoms. The summed E-state index contributed by atoms with van der Waals surface area (Å²) in [5.74, 6) is -1.14. The standard InChI is InChI=1S/C14H18O4/c1-9-5-6-10(11(15)7-9)12(16)8-13(17)18-14(2,3)4/h5-7,15H,8H2,1-4H3. The maximum Gasteiger partial charge on any atom is 0.314 e. The van der Waals surface area contributed by atoms with E-state index in [9.17, 15) is 14.7 Å². The second kappa shape index (κ2) is 5.21. The molecule has 1 N–H and O–H groups in total. The van der Waals surface area contributed by atoms with Crippen molar-refractivity contribution in [1.29, 1.82) is 0 Å². The Labute approximate surface area is 107 Å². The van der Waals surface area contributed by atoms with E-state index in [2.05, 4.69) is 0 Å². The number of esters is 1. The highest BCUT2D eigenvalue weighted by Gasteiger charge is 2.21. The van der Waals surface area contributed by atoms with Gasteiger partial charge >= 0.3 is 5.97 Å². The van der Waals surface area contributed by atoms with Crippen LogP contribution in [0.1, 0.15) is 43.1 Å². The molecule has 98 valence electrons. The fraction of sp³-hybridized carbons (Fsp3) is 0.429. The molecule has 0 saturated heterocycles. The van der Waals surface area contributed by atoms with Crippen molar-refractivity contribution in [3.63, 3.8) is 0 Å². The van der Waals surface area contributed by atoms with Crippen molar-refractivity contribution in [2.45, 2.75) is 39.7 Å². The molecule has 4 nitrogen and oxygen atoms in total. The molecule has 0 aliphatic carbocycles. The average molecular weight is 250 g/mol. The van der Waals surface area contributed by atoms with Gasteiger partial charge in [0.15, 0.2) is 5.78 Å². The number of ketones is 1. The number of rotatable bonds is 3. The molecule has 0 aliphatic heterocycles. The highest BCUT2D eigenvalue weighted by atomic mass is 16.6. The van der Waals surface area contributed by atoms with Crippen LogP contribution in [0.3, 0.4) is 0 Å². The van der Waals surface area contributed by atoms with Gasteiger partial charge in [-0.05, 0) is 45.4 Å². The van der Waals surface area contributed by atoms with Crippen LogP contribution in [0.5, 0.6) is 5.75 Å². The summed E-state index contributed by atoms with van der Waals surface area (Å²) < 4.78 is 5.05. The van der Waals surface area contributed by atoms with Crippen molar-refractivity contribution in [3.05, 3.63) is 29.3 Å². The molecule has 4 heteroatoms. The number of phenols is 1. The lowest BCUT2D eigenvalue weighted by molar-refractivity contribution is -0.153. The van der Waals surface area contributed by atoms with Crippen molar-refractivity contribution in [2.75, 3.05) is 0 Å². The zero-order chi connectivity index (χ0) is 13.9. The van der Waals surface area contributed by atoms with E-state index in [0.29, 0.717) is 0 Å². The van der Waals surface area contributed by atoms with E-state index < -0.39 is 17.4 Å². The Balaban J connectivity index is 2.74. The van der Waals surface area contributed by atoms with E-state index in [1.807, 2.05) is 6.92 Å². The number of benzene rings is 1. The SMILES string of the molecule is Cc1ccc(C(=O)CC(=O)OC(C)(C)C)c(O)c1. The number of hydrogen-bond donors (Lipinski definition) is 1. The van der Waals surface area contributed by atoms with E-state index in [-0.39, 0.29) is 17.7 Å². The van der Waals surface area contributed by atoms with Gasteiger partial charge in [-0.2, -0.15) is 0 Å². The zero-order valence-corrected chi connectivity index (χ0v) is 11.1. The molecular formula is C14H18O4. The highest BCUT2D eigenvalue weighted by Crippen LogP contribution is 2.20. The largest absolute Gasteiger partial charge is 0.507 e. The van der Waals surface area contributed by atoms with Gasteiger partial charge in [0, 0.05) is 0 Å². The minimum atomic E-state index is -0.618. The van der Waals surface area contributed by atoms with Gasteiger partial charge in [-0.25, -0.2) is 0 Å². The number of carbonyl (C=O) groups is 2. The number of Topliss-reactive ketones (excluding diaryl/α,β-unsaturated/α-hetero) is 1. The number of phenolic OH excluding ortho intramolecular Hbond substituents is 1. The minimum absolute atomic E-state index is 0.108. The van der Waals surface area contributed by atoms with Gasteiger partial charge in [-0.3, -0.25) is 9.59 Å². The molecule has 0 fully saturated rings. The van der Waals surface area contributed by atoms with Crippen LogP contribution in [0.15, 0.2) is 18.2 Å². The normalized spacial score (nSPS) is 11.1. The molecule has 0 heterocycles. The summed E-state index contributed by atoms with van der Waals surface area (Å²) in [7, 11) is 0. The van der Waals surface area contributed by atoms with Crippen LogP contribution in [0.2, 0.25) is 0 Å². The van der Waals surface area contributed by atoms with Crippen LogP contribution < -0.4 is 0 Å². The summed E-state index contributed by atoms with van der Waals surface area (Å²) >= 11 is 0. The van der Waals surface area contributed by atoms with Crippen LogP contribution in [-0.2, 0) is 9.53 Å². The molecule has 0 spiro atoms. The molecule has 1 aromatic rings. The summed E-state index contributed by atoms with van der Waals surface area (Å²) in [4.78, 5) is 23.3. The molecule has 0 radical (unpaired) electrons. The van der Waals surface area contributed by atoms with Gasteiger partial charge in [0.05, 0.1) is 5.56 Å². The van der Waals surface area contributed by atoms with E-state index in [1.54, 1.807) is 26.8 Å². The fourth-order valence-corrected chi connectivity index (χ4v) is 1.48. The summed E-state index contributed by atoms with van der Waals surface area (Å²) in [6, 6.07) is 4.71. The molecule has 0 unspecified atom stereocenters. The summed E-state index contributed by atoms with van der Waals surface area (Å²) in [6.45, 7) is 7.01. The Morgan fingerprint density at radius 1 is 1.28 bits per heavy atom.